The number of β-amino-alcohol motifs (C(OH)–C–C–N with tert-alkyl or cyclic N) is 1. The fraction of sp³-hybridized carbons (Fsp3) is 0.562. The zero-order valence-corrected chi connectivity index (χ0v) is 13.8. The molecule has 0 bridgehead atoms. The van der Waals surface area contributed by atoms with Gasteiger partial charge in [-0.1, -0.05) is 23.7 Å². The van der Waals surface area contributed by atoms with E-state index in [9.17, 15) is 9.90 Å². The number of urea groups is 1. The van der Waals surface area contributed by atoms with E-state index in [0.717, 1.165) is 18.4 Å². The number of benzene rings is 1. The molecule has 1 fully saturated rings. The zero-order chi connectivity index (χ0) is 16.2. The van der Waals surface area contributed by atoms with Gasteiger partial charge in [-0.3, -0.25) is 0 Å². The minimum atomic E-state index is -0.813. The van der Waals surface area contributed by atoms with Gasteiger partial charge in [0.25, 0.3) is 0 Å². The number of carbonyl (C=O) groups is 1. The molecule has 5 nitrogen and oxygen atoms in total. The molecule has 0 aromatic heterocycles. The van der Waals surface area contributed by atoms with Gasteiger partial charge >= 0.3 is 6.03 Å². The van der Waals surface area contributed by atoms with Gasteiger partial charge in [0.1, 0.15) is 0 Å². The van der Waals surface area contributed by atoms with Crippen molar-refractivity contribution in [2.45, 2.75) is 31.4 Å². The maximum absolute atomic E-state index is 12.4. The monoisotopic (exact) mass is 326 g/mol. The van der Waals surface area contributed by atoms with Crippen LogP contribution in [0.4, 0.5) is 4.79 Å². The Bertz CT molecular complexity index is 505. The molecule has 0 aliphatic carbocycles. The number of nitrogens with zero attached hydrogens (tertiary/aromatic N) is 1. The first-order valence-corrected chi connectivity index (χ1v) is 7.81. The Morgan fingerprint density at radius 1 is 1.50 bits per heavy atom. The molecule has 1 saturated heterocycles. The SMILES string of the molecule is COC[C@@H](NC(=O)N1CCC[C@](C)(O)C1)c1ccc(Cl)cc1. The van der Waals surface area contributed by atoms with Crippen molar-refractivity contribution in [3.8, 4) is 0 Å². The predicted octanol–water partition coefficient (Wildman–Crippen LogP) is 2.58. The molecule has 0 unspecified atom stereocenters. The average Bonchev–Trinajstić information content (AvgIpc) is 2.46. The molecule has 22 heavy (non-hydrogen) atoms. The zero-order valence-electron chi connectivity index (χ0n) is 13.0. The van der Waals surface area contributed by atoms with Crippen LogP contribution in [0.15, 0.2) is 24.3 Å². The van der Waals surface area contributed by atoms with Crippen LogP contribution < -0.4 is 5.32 Å². The summed E-state index contributed by atoms with van der Waals surface area (Å²) in [7, 11) is 1.60. The summed E-state index contributed by atoms with van der Waals surface area (Å²) in [6.45, 7) is 3.14. The highest BCUT2D eigenvalue weighted by Gasteiger charge is 2.31. The molecule has 0 spiro atoms. The van der Waals surface area contributed by atoms with Gasteiger partial charge in [-0.2, -0.15) is 0 Å². The Morgan fingerprint density at radius 2 is 2.18 bits per heavy atom. The van der Waals surface area contributed by atoms with Gasteiger partial charge in [0.2, 0.25) is 0 Å². The molecule has 1 aliphatic heterocycles. The molecule has 1 heterocycles. The third kappa shape index (κ3) is 4.60. The lowest BCUT2D eigenvalue weighted by atomic mass is 9.95. The van der Waals surface area contributed by atoms with Crippen LogP contribution in [0.1, 0.15) is 31.4 Å². The van der Waals surface area contributed by atoms with Gasteiger partial charge in [-0.25, -0.2) is 4.79 Å². The number of nitrogens with one attached hydrogen (secondary N) is 1. The first-order chi connectivity index (χ1) is 10.4. The second-order valence-corrected chi connectivity index (χ2v) is 6.47. The minimum absolute atomic E-state index is 0.183. The van der Waals surface area contributed by atoms with Gasteiger partial charge in [0.05, 0.1) is 24.8 Å². The number of halogens is 1. The number of rotatable bonds is 4. The smallest absolute Gasteiger partial charge is 0.318 e. The van der Waals surface area contributed by atoms with Gasteiger partial charge in [-0.15, -0.1) is 0 Å². The number of piperidine rings is 1. The van der Waals surface area contributed by atoms with Gasteiger partial charge in [0, 0.05) is 18.7 Å². The summed E-state index contributed by atoms with van der Waals surface area (Å²) in [5.41, 5.74) is 0.121. The number of amides is 2. The topological polar surface area (TPSA) is 61.8 Å². The summed E-state index contributed by atoms with van der Waals surface area (Å²) < 4.78 is 5.20. The summed E-state index contributed by atoms with van der Waals surface area (Å²) in [6, 6.07) is 6.89. The van der Waals surface area contributed by atoms with Gasteiger partial charge in [0.15, 0.2) is 0 Å². The van der Waals surface area contributed by atoms with Gasteiger partial charge in [-0.05, 0) is 37.5 Å². The van der Waals surface area contributed by atoms with Crippen molar-refractivity contribution >= 4 is 17.6 Å². The van der Waals surface area contributed by atoms with Crippen molar-refractivity contribution in [3.05, 3.63) is 34.9 Å². The molecule has 1 aliphatic rings. The summed E-state index contributed by atoms with van der Waals surface area (Å²) in [6.07, 6.45) is 1.52. The van der Waals surface area contributed by atoms with E-state index in [1.807, 2.05) is 12.1 Å². The maximum Gasteiger partial charge on any atom is 0.318 e. The molecule has 1 aromatic carbocycles. The lowest BCUT2D eigenvalue weighted by Gasteiger charge is -2.37. The van der Waals surface area contributed by atoms with Crippen molar-refractivity contribution in [2.75, 3.05) is 26.8 Å². The van der Waals surface area contributed by atoms with Crippen molar-refractivity contribution in [2.24, 2.45) is 0 Å². The summed E-state index contributed by atoms with van der Waals surface area (Å²) in [5, 5.41) is 13.7. The highest BCUT2D eigenvalue weighted by molar-refractivity contribution is 6.30. The lowest BCUT2D eigenvalue weighted by molar-refractivity contribution is -0.00322. The van der Waals surface area contributed by atoms with Crippen LogP contribution in [0.5, 0.6) is 0 Å². The quantitative estimate of drug-likeness (QED) is 0.894. The van der Waals surface area contributed by atoms with Crippen LogP contribution in [0.3, 0.4) is 0 Å². The van der Waals surface area contributed by atoms with Crippen LogP contribution in [0.25, 0.3) is 0 Å². The highest BCUT2D eigenvalue weighted by atomic mass is 35.5. The normalized spacial score (nSPS) is 23.2. The van der Waals surface area contributed by atoms with E-state index in [-0.39, 0.29) is 12.1 Å². The van der Waals surface area contributed by atoms with Crippen LogP contribution in [-0.4, -0.2) is 48.4 Å². The van der Waals surface area contributed by atoms with E-state index < -0.39 is 5.60 Å². The van der Waals surface area contributed by atoms with Gasteiger partial charge < -0.3 is 20.1 Å². The van der Waals surface area contributed by atoms with E-state index in [2.05, 4.69) is 5.32 Å². The van der Waals surface area contributed by atoms with Crippen molar-refractivity contribution in [3.63, 3.8) is 0 Å². The van der Waals surface area contributed by atoms with E-state index in [0.29, 0.717) is 24.7 Å². The number of methoxy groups -OCH3 is 1. The fourth-order valence-corrected chi connectivity index (χ4v) is 2.84. The number of likely N-dealkylation sites (tertiary alicyclic amines) is 1. The number of aliphatic hydroxyl groups is 1. The highest BCUT2D eigenvalue weighted by Crippen LogP contribution is 2.22. The Kier molecular flexibility index (Phi) is 5.67. The Labute approximate surface area is 136 Å². The molecule has 0 radical (unpaired) electrons. The molecule has 0 saturated carbocycles. The first kappa shape index (κ1) is 17.1. The summed E-state index contributed by atoms with van der Waals surface area (Å²) in [4.78, 5) is 14.1. The third-order valence-corrected chi connectivity index (χ3v) is 4.12. The molecule has 2 rings (SSSR count). The fourth-order valence-electron chi connectivity index (χ4n) is 2.72. The van der Waals surface area contributed by atoms with E-state index >= 15 is 0 Å². The average molecular weight is 327 g/mol. The Hall–Kier alpha value is -1.30. The summed E-state index contributed by atoms with van der Waals surface area (Å²) >= 11 is 5.90. The first-order valence-electron chi connectivity index (χ1n) is 7.43. The second-order valence-electron chi connectivity index (χ2n) is 6.03. The van der Waals surface area contributed by atoms with Crippen molar-refractivity contribution < 1.29 is 14.6 Å². The molecule has 2 amide bonds. The van der Waals surface area contributed by atoms with Crippen molar-refractivity contribution in [1.82, 2.24) is 10.2 Å². The molecular weight excluding hydrogens is 304 g/mol. The largest absolute Gasteiger partial charge is 0.388 e. The Morgan fingerprint density at radius 3 is 2.77 bits per heavy atom. The maximum atomic E-state index is 12.4. The van der Waals surface area contributed by atoms with E-state index in [1.165, 1.54) is 0 Å². The molecule has 122 valence electrons. The van der Waals surface area contributed by atoms with E-state index in [4.69, 9.17) is 16.3 Å². The third-order valence-electron chi connectivity index (χ3n) is 3.87. The van der Waals surface area contributed by atoms with Crippen LogP contribution in [0, 0.1) is 0 Å². The standard InChI is InChI=1S/C16H23ClN2O3/c1-16(21)8-3-9-19(11-16)15(20)18-14(10-22-2)12-4-6-13(17)7-5-12/h4-7,14,21H,3,8-11H2,1-2H3,(H,18,20)/t14-,16+/m1/s1. The second kappa shape index (κ2) is 7.31. The van der Waals surface area contributed by atoms with Crippen LogP contribution in [-0.2, 0) is 4.74 Å². The Balaban J connectivity index is 2.04. The summed E-state index contributed by atoms with van der Waals surface area (Å²) in [5.74, 6) is 0. The number of ether oxygens (including phenoxy) is 1. The molecule has 1 aromatic rings. The van der Waals surface area contributed by atoms with Crippen molar-refractivity contribution in [1.29, 1.82) is 0 Å². The van der Waals surface area contributed by atoms with Crippen LogP contribution in [0.2, 0.25) is 5.02 Å². The number of carbonyl (C=O) groups excluding carboxylic acids is 1. The number of hydrogen-bond acceptors (Lipinski definition) is 3. The number of hydrogen-bond donors (Lipinski definition) is 2. The van der Waals surface area contributed by atoms with Crippen LogP contribution >= 0.6 is 11.6 Å². The minimum Gasteiger partial charge on any atom is -0.388 e. The molecule has 2 N–H and O–H groups in total. The van der Waals surface area contributed by atoms with E-state index in [1.54, 1.807) is 31.1 Å². The molecule has 6 heteroatoms. The molecule has 2 atom stereocenters. The molecular formula is C16H23ClN2O3. The lowest BCUT2D eigenvalue weighted by Crippen LogP contribution is -2.52. The predicted molar refractivity (Wildman–Crippen MR) is 86.0 cm³/mol.